The number of carbonyl (C=O) groups is 1. The zero-order chi connectivity index (χ0) is 26.3. The van der Waals surface area contributed by atoms with E-state index < -0.39 is 10.1 Å². The molecule has 2 aromatic carbocycles. The first-order chi connectivity index (χ1) is 17.9. The number of nitrogens with one attached hydrogen (secondary N) is 1. The average molecular weight is 548 g/mol. The molecule has 1 heterocycles. The van der Waals surface area contributed by atoms with Crippen LogP contribution in [0.4, 0.5) is 0 Å². The number of hydrogen-bond acceptors (Lipinski definition) is 6. The minimum Gasteiger partial charge on any atom is -0.379 e. The zero-order valence-electron chi connectivity index (χ0n) is 21.6. The Hall–Kier alpha value is -2.13. The average Bonchev–Trinajstić information content (AvgIpc) is 3.09. The summed E-state index contributed by atoms with van der Waals surface area (Å²) >= 11 is 5.97. The van der Waals surface area contributed by atoms with Crippen molar-refractivity contribution < 1.29 is 17.4 Å². The fraction of sp³-hybridized carbons (Fsp3) is 0.536. The van der Waals surface area contributed by atoms with Crippen molar-refractivity contribution in [2.24, 2.45) is 0 Å². The molecule has 1 aliphatic carbocycles. The molecule has 2 aromatic rings. The maximum atomic E-state index is 12.8. The smallest absolute Gasteiger partial charge is 0.339 e. The number of halogens is 1. The van der Waals surface area contributed by atoms with Crippen molar-refractivity contribution >= 4 is 27.6 Å². The van der Waals surface area contributed by atoms with Gasteiger partial charge in [0.2, 0.25) is 5.91 Å². The number of hydrogen-bond donors (Lipinski definition) is 1. The molecule has 1 fully saturated rings. The van der Waals surface area contributed by atoms with E-state index in [1.165, 1.54) is 17.7 Å². The van der Waals surface area contributed by atoms with Crippen molar-refractivity contribution in [3.63, 3.8) is 0 Å². The van der Waals surface area contributed by atoms with Crippen LogP contribution in [0.5, 0.6) is 5.75 Å². The summed E-state index contributed by atoms with van der Waals surface area (Å²) in [5.41, 5.74) is 2.41. The van der Waals surface area contributed by atoms with E-state index in [1.54, 1.807) is 18.2 Å². The quantitative estimate of drug-likeness (QED) is 0.334. The predicted molar refractivity (Wildman–Crippen MR) is 147 cm³/mol. The van der Waals surface area contributed by atoms with Crippen LogP contribution >= 0.6 is 11.6 Å². The second kappa shape index (κ2) is 13.1. The molecule has 0 bridgehead atoms. The molecule has 202 valence electrons. The lowest BCUT2D eigenvalue weighted by Gasteiger charge is -2.35. The van der Waals surface area contributed by atoms with Gasteiger partial charge >= 0.3 is 10.1 Å². The lowest BCUT2D eigenvalue weighted by atomic mass is 9.87. The Labute approximate surface area is 226 Å². The first kappa shape index (κ1) is 27.9. The number of rotatable bonds is 11. The number of unbranched alkanes of at least 4 members (excludes halogenated alkanes) is 1. The highest BCUT2D eigenvalue weighted by molar-refractivity contribution is 7.87. The molecule has 7 nitrogen and oxygen atoms in total. The minimum absolute atomic E-state index is 0.0443. The van der Waals surface area contributed by atoms with Crippen molar-refractivity contribution in [1.29, 1.82) is 0 Å². The minimum atomic E-state index is -3.96. The third-order valence-corrected chi connectivity index (χ3v) is 8.73. The molecule has 1 amide bonds. The molecule has 2 aliphatic rings. The molecule has 4 rings (SSSR count). The van der Waals surface area contributed by atoms with Gasteiger partial charge < -0.3 is 19.3 Å². The van der Waals surface area contributed by atoms with Crippen LogP contribution in [0.25, 0.3) is 0 Å². The molecular formula is C28H38ClN3O4S. The van der Waals surface area contributed by atoms with E-state index in [0.29, 0.717) is 23.2 Å². The molecule has 1 atom stereocenters. The first-order valence-corrected chi connectivity index (χ1v) is 15.2. The standard InChI is InChI=1S/C28H38ClN3O4S/c1-2-15-31(16-3-4-17-32-18-14-30-13-12-28(32)33)25-10-8-22-9-11-26(20-23(22)19-25)36-37(34,35)27-7-5-6-24(29)21-27/h5-7,9,11,20-21,25,30H,2-4,8,10,12-19H2,1H3. The summed E-state index contributed by atoms with van der Waals surface area (Å²) < 4.78 is 31.0. The number of amides is 1. The van der Waals surface area contributed by atoms with Crippen LogP contribution in [-0.4, -0.2) is 69.4 Å². The molecule has 1 N–H and O–H groups in total. The molecular weight excluding hydrogens is 510 g/mol. The molecule has 1 saturated heterocycles. The molecule has 1 unspecified atom stereocenters. The van der Waals surface area contributed by atoms with Crippen LogP contribution in [0.1, 0.15) is 50.2 Å². The van der Waals surface area contributed by atoms with Gasteiger partial charge in [-0.1, -0.05) is 30.7 Å². The van der Waals surface area contributed by atoms with Gasteiger partial charge in [-0.25, -0.2) is 0 Å². The number of benzene rings is 2. The van der Waals surface area contributed by atoms with Gasteiger partial charge in [0, 0.05) is 43.7 Å². The molecule has 0 aromatic heterocycles. The summed E-state index contributed by atoms with van der Waals surface area (Å²) in [7, 11) is -3.96. The lowest BCUT2D eigenvalue weighted by molar-refractivity contribution is -0.130. The summed E-state index contributed by atoms with van der Waals surface area (Å²) in [5.74, 6) is 0.590. The Morgan fingerprint density at radius 2 is 1.95 bits per heavy atom. The Kier molecular flexibility index (Phi) is 9.87. The van der Waals surface area contributed by atoms with Crippen molar-refractivity contribution in [2.75, 3.05) is 39.3 Å². The molecule has 1 aliphatic heterocycles. The Morgan fingerprint density at radius 3 is 2.76 bits per heavy atom. The SMILES string of the molecule is CCCN(CCCCN1CCNCCC1=O)C1CCc2ccc(OS(=O)(=O)c3cccc(Cl)c3)cc2C1. The van der Waals surface area contributed by atoms with E-state index in [2.05, 4.69) is 17.1 Å². The fourth-order valence-electron chi connectivity index (χ4n) is 5.31. The van der Waals surface area contributed by atoms with Gasteiger partial charge in [0.15, 0.2) is 0 Å². The normalized spacial score (nSPS) is 18.5. The summed E-state index contributed by atoms with van der Waals surface area (Å²) in [6.45, 7) is 7.53. The third-order valence-electron chi connectivity index (χ3n) is 7.25. The second-order valence-corrected chi connectivity index (χ2v) is 11.9. The number of carbonyl (C=O) groups excluding carboxylic acids is 1. The zero-order valence-corrected chi connectivity index (χ0v) is 23.2. The maximum Gasteiger partial charge on any atom is 0.339 e. The van der Waals surface area contributed by atoms with Crippen LogP contribution in [0.3, 0.4) is 0 Å². The predicted octanol–water partition coefficient (Wildman–Crippen LogP) is 4.28. The summed E-state index contributed by atoms with van der Waals surface area (Å²) in [4.78, 5) is 16.9. The Balaban J connectivity index is 1.36. The number of aryl methyl sites for hydroxylation is 1. The largest absolute Gasteiger partial charge is 0.379 e. The topological polar surface area (TPSA) is 79.0 Å². The van der Waals surface area contributed by atoms with Crippen molar-refractivity contribution in [1.82, 2.24) is 15.1 Å². The van der Waals surface area contributed by atoms with Crippen molar-refractivity contribution in [3.05, 3.63) is 58.6 Å². The maximum absolute atomic E-state index is 12.8. The molecule has 37 heavy (non-hydrogen) atoms. The van der Waals surface area contributed by atoms with Crippen LogP contribution in [0.2, 0.25) is 5.02 Å². The lowest BCUT2D eigenvalue weighted by Crippen LogP contribution is -2.41. The van der Waals surface area contributed by atoms with Crippen LogP contribution < -0.4 is 9.50 Å². The highest BCUT2D eigenvalue weighted by Crippen LogP contribution is 2.30. The van der Waals surface area contributed by atoms with E-state index in [4.69, 9.17) is 15.8 Å². The number of fused-ring (bicyclic) bond motifs is 1. The highest BCUT2D eigenvalue weighted by atomic mass is 35.5. The first-order valence-electron chi connectivity index (χ1n) is 13.4. The van der Waals surface area contributed by atoms with Gasteiger partial charge in [0.1, 0.15) is 10.6 Å². The second-order valence-electron chi connectivity index (χ2n) is 9.95. The van der Waals surface area contributed by atoms with E-state index >= 15 is 0 Å². The summed E-state index contributed by atoms with van der Waals surface area (Å²) in [6.07, 6.45) is 6.67. The van der Waals surface area contributed by atoms with Crippen LogP contribution in [0, 0.1) is 0 Å². The third kappa shape index (κ3) is 7.69. The molecule has 9 heteroatoms. The highest BCUT2D eigenvalue weighted by Gasteiger charge is 2.25. The number of nitrogens with zero attached hydrogens (tertiary/aromatic N) is 2. The van der Waals surface area contributed by atoms with Gasteiger partial charge in [0.25, 0.3) is 0 Å². The van der Waals surface area contributed by atoms with Gasteiger partial charge in [-0.15, -0.1) is 0 Å². The van der Waals surface area contributed by atoms with E-state index in [-0.39, 0.29) is 10.8 Å². The van der Waals surface area contributed by atoms with Crippen molar-refractivity contribution in [2.45, 2.75) is 62.8 Å². The Bertz CT molecular complexity index is 1170. The fourth-order valence-corrected chi connectivity index (χ4v) is 6.54. The van der Waals surface area contributed by atoms with E-state index in [9.17, 15) is 13.2 Å². The van der Waals surface area contributed by atoms with Gasteiger partial charge in [0.05, 0.1) is 0 Å². The van der Waals surface area contributed by atoms with Gasteiger partial charge in [-0.3, -0.25) is 4.79 Å². The summed E-state index contributed by atoms with van der Waals surface area (Å²) in [5, 5.41) is 3.64. The van der Waals surface area contributed by atoms with E-state index in [1.807, 2.05) is 17.0 Å². The molecule has 0 spiro atoms. The summed E-state index contributed by atoms with van der Waals surface area (Å²) in [6, 6.07) is 12.1. The monoisotopic (exact) mass is 547 g/mol. The van der Waals surface area contributed by atoms with Crippen LogP contribution in [-0.2, 0) is 27.8 Å². The van der Waals surface area contributed by atoms with Gasteiger partial charge in [-0.2, -0.15) is 8.42 Å². The molecule has 0 radical (unpaired) electrons. The van der Waals surface area contributed by atoms with Crippen molar-refractivity contribution in [3.8, 4) is 5.75 Å². The molecule has 0 saturated carbocycles. The van der Waals surface area contributed by atoms with Crippen LogP contribution in [0.15, 0.2) is 47.4 Å². The van der Waals surface area contributed by atoms with Gasteiger partial charge in [-0.05, 0) is 93.1 Å². The van der Waals surface area contributed by atoms with E-state index in [0.717, 1.165) is 83.4 Å². The Morgan fingerprint density at radius 1 is 1.08 bits per heavy atom.